The van der Waals surface area contributed by atoms with Gasteiger partial charge in [-0.1, -0.05) is 12.1 Å². The summed E-state index contributed by atoms with van der Waals surface area (Å²) in [5.41, 5.74) is 2.72. The molecule has 0 amide bonds. The zero-order chi connectivity index (χ0) is 19.7. The number of H-pyrrole nitrogens is 1. The Balaban J connectivity index is 0.00000160. The summed E-state index contributed by atoms with van der Waals surface area (Å²) in [7, 11) is 0. The summed E-state index contributed by atoms with van der Waals surface area (Å²) < 4.78 is 27.4. The number of pyridine rings is 1. The lowest BCUT2D eigenvalue weighted by atomic mass is 10.1. The molecule has 6 nitrogen and oxygen atoms in total. The molecule has 3 heterocycles. The number of hydrogen-bond acceptors (Lipinski definition) is 5. The van der Waals surface area contributed by atoms with Crippen molar-refractivity contribution in [1.29, 1.82) is 0 Å². The number of anilines is 1. The van der Waals surface area contributed by atoms with Crippen LogP contribution in [0.25, 0.3) is 22.4 Å². The van der Waals surface area contributed by atoms with Gasteiger partial charge in [0, 0.05) is 27.6 Å². The van der Waals surface area contributed by atoms with E-state index in [9.17, 15) is 13.9 Å². The molecule has 0 bridgehead atoms. The van der Waals surface area contributed by atoms with Crippen LogP contribution in [0.1, 0.15) is 28.4 Å². The van der Waals surface area contributed by atoms with Crippen molar-refractivity contribution in [1.82, 2.24) is 19.9 Å². The number of aliphatic hydroxyl groups excluding tert-OH is 1. The monoisotopic (exact) mass is 387 g/mol. The first-order chi connectivity index (χ1) is 13.5. The molecule has 0 fully saturated rings. The third-order valence-corrected chi connectivity index (χ3v) is 4.48. The maximum Gasteiger partial charge on any atom is 0.183 e. The van der Waals surface area contributed by atoms with Crippen LogP contribution in [0, 0.1) is 11.6 Å². The second-order valence-electron chi connectivity index (χ2n) is 6.41. The zero-order valence-corrected chi connectivity index (χ0v) is 14.9. The van der Waals surface area contributed by atoms with Crippen LogP contribution in [-0.4, -0.2) is 25.0 Å². The number of rotatable bonds is 5. The number of nitrogens with one attached hydrogen (secondary N) is 2. The highest BCUT2D eigenvalue weighted by molar-refractivity contribution is 5.92. The van der Waals surface area contributed by atoms with Crippen LogP contribution in [0.5, 0.6) is 0 Å². The van der Waals surface area contributed by atoms with Crippen LogP contribution in [-0.2, 0) is 6.61 Å². The predicted molar refractivity (Wildman–Crippen MR) is 108 cm³/mol. The molecule has 1 aromatic carbocycles. The molecule has 148 valence electrons. The van der Waals surface area contributed by atoms with Gasteiger partial charge in [0.05, 0.1) is 18.8 Å². The second-order valence-corrected chi connectivity index (χ2v) is 6.41. The van der Waals surface area contributed by atoms with Gasteiger partial charge in [0.2, 0.25) is 0 Å². The highest BCUT2D eigenvalue weighted by atomic mass is 19.1. The topological polar surface area (TPSA) is 86.7 Å². The fraction of sp³-hybridized carbons (Fsp3) is 0.150. The molecule has 4 rings (SSSR count). The number of benzene rings is 1. The zero-order valence-electron chi connectivity index (χ0n) is 14.9. The molecular weight excluding hydrogens is 364 g/mol. The molecule has 4 aromatic rings. The Bertz CT molecular complexity index is 1140. The van der Waals surface area contributed by atoms with Crippen molar-refractivity contribution < 1.29 is 18.2 Å². The summed E-state index contributed by atoms with van der Waals surface area (Å²) >= 11 is 0. The lowest BCUT2D eigenvalue weighted by Crippen LogP contribution is -2.10. The average Bonchev–Trinajstić information content (AvgIpc) is 3.13. The number of fused-ring (bicyclic) bond motifs is 1. The van der Waals surface area contributed by atoms with E-state index >= 15 is 0 Å². The van der Waals surface area contributed by atoms with Crippen molar-refractivity contribution in [3.8, 4) is 11.4 Å². The van der Waals surface area contributed by atoms with E-state index in [1.807, 2.05) is 6.92 Å². The van der Waals surface area contributed by atoms with Gasteiger partial charge in [-0.2, -0.15) is 0 Å². The van der Waals surface area contributed by atoms with Gasteiger partial charge in [0.1, 0.15) is 11.5 Å². The average molecular weight is 387 g/mol. The van der Waals surface area contributed by atoms with Gasteiger partial charge in [-0.25, -0.2) is 23.7 Å². The first kappa shape index (κ1) is 18.0. The number of aliphatic hydroxyl groups is 1. The molecule has 0 aliphatic heterocycles. The Morgan fingerprint density at radius 3 is 2.71 bits per heavy atom. The maximum absolute atomic E-state index is 14.3. The minimum Gasteiger partial charge on any atom is -0.392 e. The second kappa shape index (κ2) is 7.32. The van der Waals surface area contributed by atoms with E-state index in [2.05, 4.69) is 25.3 Å². The van der Waals surface area contributed by atoms with Crippen LogP contribution >= 0.6 is 0 Å². The van der Waals surface area contributed by atoms with Gasteiger partial charge < -0.3 is 15.4 Å². The minimum atomic E-state index is -0.591. The van der Waals surface area contributed by atoms with Gasteiger partial charge in [-0.15, -0.1) is 0 Å². The smallest absolute Gasteiger partial charge is 0.183 e. The summed E-state index contributed by atoms with van der Waals surface area (Å²) in [6, 6.07) is 7.47. The lowest BCUT2D eigenvalue weighted by Gasteiger charge is -2.16. The molecule has 3 N–H and O–H groups in total. The SMILES string of the molecule is C[C@H](Nc1nc(-c2c[nH]c3ncc(CO)cc23)ncc1F)c1ccc(F)cc1.[HH].[HH].[HH]. The third kappa shape index (κ3) is 3.41. The van der Waals surface area contributed by atoms with Crippen LogP contribution in [0.3, 0.4) is 0 Å². The van der Waals surface area contributed by atoms with Gasteiger partial charge >= 0.3 is 0 Å². The first-order valence-electron chi connectivity index (χ1n) is 8.67. The van der Waals surface area contributed by atoms with Crippen LogP contribution in [0.4, 0.5) is 14.6 Å². The summed E-state index contributed by atoms with van der Waals surface area (Å²) in [5.74, 6) is -0.561. The number of halogens is 2. The molecule has 0 aliphatic rings. The van der Waals surface area contributed by atoms with E-state index in [4.69, 9.17) is 0 Å². The highest BCUT2D eigenvalue weighted by Crippen LogP contribution is 2.28. The number of aromatic nitrogens is 4. The summed E-state index contributed by atoms with van der Waals surface area (Å²) in [6.07, 6.45) is 4.37. The lowest BCUT2D eigenvalue weighted by molar-refractivity contribution is 0.281. The van der Waals surface area contributed by atoms with Crippen LogP contribution in [0.15, 0.2) is 48.9 Å². The van der Waals surface area contributed by atoms with Gasteiger partial charge in [-0.05, 0) is 36.2 Å². The number of hydrogen-bond donors (Lipinski definition) is 3. The molecular formula is C20H23F2N5O. The van der Waals surface area contributed by atoms with E-state index in [0.717, 1.165) is 17.1 Å². The number of aromatic amines is 1. The largest absolute Gasteiger partial charge is 0.392 e. The van der Waals surface area contributed by atoms with Crippen molar-refractivity contribution in [2.75, 3.05) is 5.32 Å². The maximum atomic E-state index is 14.3. The molecule has 0 unspecified atom stereocenters. The van der Waals surface area contributed by atoms with E-state index in [0.29, 0.717) is 22.6 Å². The molecule has 0 saturated heterocycles. The quantitative estimate of drug-likeness (QED) is 0.462. The molecule has 0 radical (unpaired) electrons. The Kier molecular flexibility index (Phi) is 4.70. The Morgan fingerprint density at radius 2 is 1.96 bits per heavy atom. The Hall–Kier alpha value is -3.39. The summed E-state index contributed by atoms with van der Waals surface area (Å²) in [4.78, 5) is 15.7. The minimum absolute atomic E-state index is 0. The fourth-order valence-electron chi connectivity index (χ4n) is 2.96. The van der Waals surface area contributed by atoms with Crippen molar-refractivity contribution in [3.05, 3.63) is 71.7 Å². The molecule has 3 aromatic heterocycles. The van der Waals surface area contributed by atoms with E-state index in [1.165, 1.54) is 12.1 Å². The molecule has 28 heavy (non-hydrogen) atoms. The molecule has 0 aliphatic carbocycles. The predicted octanol–water partition coefficient (Wildman–Crippen LogP) is 4.70. The molecule has 1 atom stereocenters. The molecule has 0 spiro atoms. The molecule has 8 heteroatoms. The van der Waals surface area contributed by atoms with Crippen molar-refractivity contribution in [3.63, 3.8) is 0 Å². The van der Waals surface area contributed by atoms with Crippen LogP contribution < -0.4 is 5.32 Å². The van der Waals surface area contributed by atoms with E-state index < -0.39 is 5.82 Å². The van der Waals surface area contributed by atoms with E-state index in [1.54, 1.807) is 30.6 Å². The van der Waals surface area contributed by atoms with Gasteiger partial charge in [0.25, 0.3) is 0 Å². The normalized spacial score (nSPS) is 12.3. The van der Waals surface area contributed by atoms with Gasteiger partial charge in [0.15, 0.2) is 17.5 Å². The first-order valence-corrected chi connectivity index (χ1v) is 8.67. The third-order valence-electron chi connectivity index (χ3n) is 4.48. The van der Waals surface area contributed by atoms with Crippen molar-refractivity contribution in [2.24, 2.45) is 0 Å². The Labute approximate surface area is 163 Å². The summed E-state index contributed by atoms with van der Waals surface area (Å²) in [5, 5.41) is 13.1. The summed E-state index contributed by atoms with van der Waals surface area (Å²) in [6.45, 7) is 1.69. The Morgan fingerprint density at radius 1 is 1.18 bits per heavy atom. The van der Waals surface area contributed by atoms with Crippen molar-refractivity contribution >= 4 is 16.9 Å². The fourth-order valence-corrected chi connectivity index (χ4v) is 2.96. The number of nitrogens with zero attached hydrogens (tertiary/aromatic N) is 3. The van der Waals surface area contributed by atoms with E-state index in [-0.39, 0.29) is 28.6 Å². The van der Waals surface area contributed by atoms with Crippen LogP contribution in [0.2, 0.25) is 0 Å². The van der Waals surface area contributed by atoms with Gasteiger partial charge in [-0.3, -0.25) is 0 Å². The highest BCUT2D eigenvalue weighted by Gasteiger charge is 2.15. The standard InChI is InChI=1S/C20H17F2N5O.3H2/c1-11(13-2-4-14(21)5-3-13)26-20-17(22)9-25-19(27-20)16-8-24-18-15(16)6-12(10-28)7-23-18;;;/h2-9,11,28H,10H2,1H3,(H,23,24)(H,25,26,27);3*1H/t11-;;;/m0.../s1. The molecule has 0 saturated carbocycles. The van der Waals surface area contributed by atoms with Crippen molar-refractivity contribution in [2.45, 2.75) is 19.6 Å².